The smallest absolute Gasteiger partial charge is 0.244 e. The van der Waals surface area contributed by atoms with Crippen LogP contribution in [-0.2, 0) is 21.3 Å². The lowest BCUT2D eigenvalue weighted by atomic mass is 9.93. The third-order valence-electron chi connectivity index (χ3n) is 4.92. The number of hydrogen-bond donors (Lipinski definition) is 1. The van der Waals surface area contributed by atoms with Crippen molar-refractivity contribution in [2.45, 2.75) is 31.1 Å². The molecule has 0 spiro atoms. The number of nitrogens with one attached hydrogen (secondary N) is 1. The molecule has 1 unspecified atom stereocenters. The van der Waals surface area contributed by atoms with Crippen molar-refractivity contribution in [3.63, 3.8) is 0 Å². The first-order chi connectivity index (χ1) is 11.5. The third kappa shape index (κ3) is 2.82. The molecule has 4 nitrogen and oxygen atoms in total. The first-order valence-corrected chi connectivity index (χ1v) is 9.73. The minimum atomic E-state index is -3.36. The molecule has 0 saturated heterocycles. The van der Waals surface area contributed by atoms with Crippen molar-refractivity contribution < 1.29 is 8.42 Å². The second-order valence-electron chi connectivity index (χ2n) is 6.49. The van der Waals surface area contributed by atoms with E-state index in [-0.39, 0.29) is 0 Å². The highest BCUT2D eigenvalue weighted by Gasteiger charge is 2.50. The fraction of sp³-hybridized carbons (Fsp3) is 0.368. The van der Waals surface area contributed by atoms with E-state index < -0.39 is 14.8 Å². The predicted octanol–water partition coefficient (Wildman–Crippen LogP) is 3.25. The SMILES string of the molecule is CN1c2ccccc2C(C)(CCCNCc2ccccc2)S1(=O)=O. The van der Waals surface area contributed by atoms with Gasteiger partial charge in [-0.1, -0.05) is 48.5 Å². The van der Waals surface area contributed by atoms with Crippen molar-refractivity contribution >= 4 is 15.7 Å². The molecule has 0 bridgehead atoms. The molecule has 24 heavy (non-hydrogen) atoms. The van der Waals surface area contributed by atoms with E-state index in [2.05, 4.69) is 17.4 Å². The summed E-state index contributed by atoms with van der Waals surface area (Å²) in [7, 11) is -1.71. The number of hydrogen-bond acceptors (Lipinski definition) is 3. The van der Waals surface area contributed by atoms with Crippen LogP contribution in [-0.4, -0.2) is 22.0 Å². The van der Waals surface area contributed by atoms with Crippen LogP contribution < -0.4 is 9.62 Å². The number of benzene rings is 2. The highest BCUT2D eigenvalue weighted by molar-refractivity contribution is 7.94. The molecule has 128 valence electrons. The largest absolute Gasteiger partial charge is 0.313 e. The Morgan fingerprint density at radius 2 is 1.71 bits per heavy atom. The van der Waals surface area contributed by atoms with Crippen molar-refractivity contribution in [2.75, 3.05) is 17.9 Å². The van der Waals surface area contributed by atoms with Crippen LogP contribution in [0.2, 0.25) is 0 Å². The van der Waals surface area contributed by atoms with E-state index in [9.17, 15) is 8.42 Å². The number of fused-ring (bicyclic) bond motifs is 1. The number of nitrogens with zero attached hydrogens (tertiary/aromatic N) is 1. The van der Waals surface area contributed by atoms with Gasteiger partial charge in [-0.15, -0.1) is 0 Å². The average Bonchev–Trinajstić information content (AvgIpc) is 2.75. The summed E-state index contributed by atoms with van der Waals surface area (Å²) in [4.78, 5) is 0. The van der Waals surface area contributed by atoms with Crippen molar-refractivity contribution in [3.8, 4) is 0 Å². The first-order valence-electron chi connectivity index (χ1n) is 8.29. The van der Waals surface area contributed by atoms with E-state index in [1.165, 1.54) is 9.87 Å². The van der Waals surface area contributed by atoms with Crippen molar-refractivity contribution in [2.24, 2.45) is 0 Å². The Balaban J connectivity index is 1.64. The zero-order valence-corrected chi connectivity index (χ0v) is 15.0. The number of rotatable bonds is 6. The van der Waals surface area contributed by atoms with Crippen LogP contribution in [0.3, 0.4) is 0 Å². The summed E-state index contributed by atoms with van der Waals surface area (Å²) >= 11 is 0. The number of anilines is 1. The lowest BCUT2D eigenvalue weighted by Gasteiger charge is -2.25. The second-order valence-corrected chi connectivity index (χ2v) is 8.89. The molecule has 1 aliphatic rings. The highest BCUT2D eigenvalue weighted by atomic mass is 32.2. The van der Waals surface area contributed by atoms with Gasteiger partial charge in [0.2, 0.25) is 10.0 Å². The lowest BCUT2D eigenvalue weighted by Crippen LogP contribution is -2.36. The standard InChI is InChI=1S/C19H24N2O2S/c1-19(13-8-14-20-15-16-9-4-3-5-10-16)17-11-6-7-12-18(17)21(2)24(19,22)23/h3-7,9-12,20H,8,13-15H2,1-2H3. The summed E-state index contributed by atoms with van der Waals surface area (Å²) in [6.45, 7) is 3.45. The van der Waals surface area contributed by atoms with Crippen LogP contribution in [0.1, 0.15) is 30.9 Å². The predicted molar refractivity (Wildman–Crippen MR) is 98.5 cm³/mol. The molecule has 0 aliphatic carbocycles. The molecule has 1 atom stereocenters. The molecule has 5 heteroatoms. The van der Waals surface area contributed by atoms with Gasteiger partial charge < -0.3 is 5.32 Å². The van der Waals surface area contributed by atoms with E-state index in [0.717, 1.165) is 30.8 Å². The second kappa shape index (κ2) is 6.57. The topological polar surface area (TPSA) is 49.4 Å². The average molecular weight is 344 g/mol. The maximum atomic E-state index is 12.9. The van der Waals surface area contributed by atoms with Gasteiger partial charge in [-0.2, -0.15) is 0 Å². The summed E-state index contributed by atoms with van der Waals surface area (Å²) in [5, 5.41) is 3.40. The summed E-state index contributed by atoms with van der Waals surface area (Å²) in [6.07, 6.45) is 1.42. The summed E-state index contributed by atoms with van der Waals surface area (Å²) in [5.74, 6) is 0. The van der Waals surface area contributed by atoms with Gasteiger partial charge in [0.25, 0.3) is 0 Å². The molecule has 1 aliphatic heterocycles. The minimum absolute atomic E-state index is 0.610. The lowest BCUT2D eigenvalue weighted by molar-refractivity contribution is 0.501. The van der Waals surface area contributed by atoms with E-state index in [4.69, 9.17) is 0 Å². The fourth-order valence-electron chi connectivity index (χ4n) is 3.41. The van der Waals surface area contributed by atoms with E-state index >= 15 is 0 Å². The van der Waals surface area contributed by atoms with Crippen LogP contribution in [0.4, 0.5) is 5.69 Å². The summed E-state index contributed by atoms with van der Waals surface area (Å²) in [5.41, 5.74) is 2.95. The van der Waals surface area contributed by atoms with Gasteiger partial charge in [0.15, 0.2) is 0 Å². The van der Waals surface area contributed by atoms with Gasteiger partial charge >= 0.3 is 0 Å². The van der Waals surface area contributed by atoms with Crippen LogP contribution in [0.25, 0.3) is 0 Å². The minimum Gasteiger partial charge on any atom is -0.313 e. The van der Waals surface area contributed by atoms with Crippen LogP contribution >= 0.6 is 0 Å². The van der Waals surface area contributed by atoms with E-state index in [1.807, 2.05) is 49.4 Å². The zero-order valence-electron chi connectivity index (χ0n) is 14.2. The molecule has 0 amide bonds. The molecule has 1 N–H and O–H groups in total. The van der Waals surface area contributed by atoms with Crippen molar-refractivity contribution in [3.05, 3.63) is 65.7 Å². The molecular formula is C19H24N2O2S. The fourth-order valence-corrected chi connectivity index (χ4v) is 5.28. The van der Waals surface area contributed by atoms with Gasteiger partial charge in [0.1, 0.15) is 4.75 Å². The molecule has 0 aromatic heterocycles. The molecule has 3 rings (SSSR count). The molecule has 2 aromatic carbocycles. The van der Waals surface area contributed by atoms with E-state index in [1.54, 1.807) is 7.05 Å². The van der Waals surface area contributed by atoms with Gasteiger partial charge in [-0.3, -0.25) is 4.31 Å². The molecule has 0 saturated carbocycles. The molecule has 2 aromatic rings. The normalized spacial score (nSPS) is 21.7. The van der Waals surface area contributed by atoms with Crippen molar-refractivity contribution in [1.82, 2.24) is 5.32 Å². The third-order valence-corrected chi connectivity index (χ3v) is 7.40. The molecule has 0 fully saturated rings. The number of sulfonamides is 1. The first kappa shape index (κ1) is 17.0. The van der Waals surface area contributed by atoms with E-state index in [0.29, 0.717) is 6.42 Å². The molecule has 1 heterocycles. The molecule has 0 radical (unpaired) electrons. The van der Waals surface area contributed by atoms with Gasteiger partial charge in [0.05, 0.1) is 5.69 Å². The quantitative estimate of drug-likeness (QED) is 0.819. The number of para-hydroxylation sites is 1. The Kier molecular flexibility index (Phi) is 4.65. The van der Waals surface area contributed by atoms with Crippen molar-refractivity contribution in [1.29, 1.82) is 0 Å². The summed E-state index contributed by atoms with van der Waals surface area (Å²) < 4.78 is 26.3. The Morgan fingerprint density at radius 1 is 1.04 bits per heavy atom. The maximum Gasteiger partial charge on any atom is 0.244 e. The van der Waals surface area contributed by atoms with Gasteiger partial charge in [-0.05, 0) is 43.5 Å². The Bertz CT molecular complexity index is 805. The van der Waals surface area contributed by atoms with Crippen LogP contribution in [0.15, 0.2) is 54.6 Å². The van der Waals surface area contributed by atoms with Gasteiger partial charge in [0, 0.05) is 13.6 Å². The monoisotopic (exact) mass is 344 g/mol. The zero-order chi connectivity index (χ0) is 17.2. The maximum absolute atomic E-state index is 12.9. The Morgan fingerprint density at radius 3 is 2.46 bits per heavy atom. The Hall–Kier alpha value is -1.85. The molecular weight excluding hydrogens is 320 g/mol. The van der Waals surface area contributed by atoms with Crippen LogP contribution in [0, 0.1) is 0 Å². The Labute approximate surface area is 144 Å². The van der Waals surface area contributed by atoms with Gasteiger partial charge in [-0.25, -0.2) is 8.42 Å². The highest BCUT2D eigenvalue weighted by Crippen LogP contribution is 2.48. The van der Waals surface area contributed by atoms with Crippen LogP contribution in [0.5, 0.6) is 0 Å². The summed E-state index contributed by atoms with van der Waals surface area (Å²) in [6, 6.07) is 17.8.